The Morgan fingerprint density at radius 3 is 3.06 bits per heavy atom. The van der Waals surface area contributed by atoms with Crippen LogP contribution in [0.1, 0.15) is 12.2 Å². The molecule has 0 bridgehead atoms. The van der Waals surface area contributed by atoms with Crippen molar-refractivity contribution in [2.24, 2.45) is 0 Å². The molecule has 0 unspecified atom stereocenters. The summed E-state index contributed by atoms with van der Waals surface area (Å²) in [5, 5.41) is 0. The molecule has 0 aliphatic heterocycles. The molecule has 3 aromatic heterocycles. The lowest BCUT2D eigenvalue weighted by Gasteiger charge is -1.94. The number of aromatic nitrogens is 3. The van der Waals surface area contributed by atoms with Crippen LogP contribution in [0.15, 0.2) is 9.85 Å². The van der Waals surface area contributed by atoms with Gasteiger partial charge < -0.3 is 10.7 Å². The Hall–Kier alpha value is -0.850. The van der Waals surface area contributed by atoms with Crippen molar-refractivity contribution in [2.45, 2.75) is 12.8 Å². The van der Waals surface area contributed by atoms with Crippen molar-refractivity contribution in [3.63, 3.8) is 0 Å². The highest BCUT2D eigenvalue weighted by Gasteiger charge is 2.13. The number of nitrogens with zero attached hydrogens (tertiary/aromatic N) is 2. The quantitative estimate of drug-likeness (QED) is 0.711. The number of pyridine rings is 1. The number of aromatic amines is 1. The first-order valence-corrected chi connectivity index (χ1v) is 7.62. The molecule has 0 amide bonds. The van der Waals surface area contributed by atoms with Gasteiger partial charge in [0.25, 0.3) is 0 Å². The van der Waals surface area contributed by atoms with Crippen molar-refractivity contribution in [1.29, 1.82) is 0 Å². The number of thiophene rings is 1. The van der Waals surface area contributed by atoms with Crippen LogP contribution in [0.5, 0.6) is 0 Å². The molecule has 0 saturated carbocycles. The van der Waals surface area contributed by atoms with E-state index in [2.05, 4.69) is 30.9 Å². The monoisotopic (exact) mass is 344 g/mol. The fraction of sp³-hybridized carbons (Fsp3) is 0.273. The number of nitrogen functional groups attached to an aromatic ring is 1. The molecule has 0 aromatic carbocycles. The first kappa shape index (κ1) is 12.2. The summed E-state index contributed by atoms with van der Waals surface area (Å²) in [4.78, 5) is 12.2. The van der Waals surface area contributed by atoms with Gasteiger partial charge in [-0.25, -0.2) is 9.97 Å². The van der Waals surface area contributed by atoms with E-state index in [1.54, 1.807) is 11.3 Å². The second-order valence-electron chi connectivity index (χ2n) is 3.96. The third-order valence-corrected chi connectivity index (χ3v) is 4.61. The first-order valence-electron chi connectivity index (χ1n) is 5.48. The molecule has 94 valence electrons. The number of nitrogens with one attached hydrogen (secondary N) is 1. The molecule has 0 aliphatic rings. The summed E-state index contributed by atoms with van der Waals surface area (Å²) in [5.74, 6) is 2.01. The number of anilines is 1. The van der Waals surface area contributed by atoms with E-state index in [1.807, 2.05) is 6.07 Å². The summed E-state index contributed by atoms with van der Waals surface area (Å²) in [7, 11) is 0. The lowest BCUT2D eigenvalue weighted by Crippen LogP contribution is -1.91. The summed E-state index contributed by atoms with van der Waals surface area (Å²) in [6, 6.07) is 1.97. The molecule has 3 aromatic rings. The van der Waals surface area contributed by atoms with Gasteiger partial charge in [0, 0.05) is 12.3 Å². The van der Waals surface area contributed by atoms with Crippen LogP contribution < -0.4 is 5.73 Å². The van der Waals surface area contributed by atoms with Crippen molar-refractivity contribution in [3.05, 3.63) is 15.7 Å². The summed E-state index contributed by atoms with van der Waals surface area (Å²) in [6.45, 7) is 0. The van der Waals surface area contributed by atoms with Crippen LogP contribution in [-0.4, -0.2) is 20.8 Å². The van der Waals surface area contributed by atoms with Crippen LogP contribution >= 0.6 is 38.9 Å². The number of hydrogen-bond acceptors (Lipinski definition) is 4. The SMILES string of the molecule is Nc1nc2cc(Br)sc2c2[nH]c(CCCCl)nc12. The minimum Gasteiger partial charge on any atom is -0.382 e. The normalized spacial score (nSPS) is 11.7. The number of nitrogens with two attached hydrogens (primary N) is 1. The Morgan fingerprint density at radius 1 is 1.44 bits per heavy atom. The van der Waals surface area contributed by atoms with E-state index in [9.17, 15) is 0 Å². The van der Waals surface area contributed by atoms with Gasteiger partial charge in [-0.2, -0.15) is 0 Å². The molecule has 0 aliphatic carbocycles. The highest BCUT2D eigenvalue weighted by Crippen LogP contribution is 2.35. The summed E-state index contributed by atoms with van der Waals surface area (Å²) < 4.78 is 2.12. The van der Waals surface area contributed by atoms with Crippen molar-refractivity contribution >= 4 is 65.9 Å². The third kappa shape index (κ3) is 1.98. The van der Waals surface area contributed by atoms with Crippen LogP contribution in [0.2, 0.25) is 0 Å². The minimum absolute atomic E-state index is 0.469. The molecule has 18 heavy (non-hydrogen) atoms. The summed E-state index contributed by atoms with van der Waals surface area (Å²) in [6.07, 6.45) is 1.72. The fourth-order valence-corrected chi connectivity index (χ4v) is 3.58. The molecule has 0 spiro atoms. The minimum atomic E-state index is 0.469. The Labute approximate surface area is 121 Å². The van der Waals surface area contributed by atoms with Gasteiger partial charge in [-0.3, -0.25) is 0 Å². The average Bonchev–Trinajstić information content (AvgIpc) is 2.89. The molecular formula is C11H10BrClN4S. The van der Waals surface area contributed by atoms with Gasteiger partial charge in [0.15, 0.2) is 5.82 Å². The van der Waals surface area contributed by atoms with E-state index in [-0.39, 0.29) is 0 Å². The van der Waals surface area contributed by atoms with Crippen LogP contribution in [0, 0.1) is 0 Å². The number of halogens is 2. The highest BCUT2D eigenvalue weighted by atomic mass is 79.9. The topological polar surface area (TPSA) is 67.6 Å². The van der Waals surface area contributed by atoms with E-state index in [4.69, 9.17) is 17.3 Å². The molecule has 3 N–H and O–H groups in total. The van der Waals surface area contributed by atoms with E-state index in [0.29, 0.717) is 11.7 Å². The number of aryl methyl sites for hydroxylation is 1. The van der Waals surface area contributed by atoms with Gasteiger partial charge in [-0.05, 0) is 28.4 Å². The smallest absolute Gasteiger partial charge is 0.152 e. The van der Waals surface area contributed by atoms with Crippen molar-refractivity contribution in [1.82, 2.24) is 15.0 Å². The Bertz CT molecular complexity index is 721. The second kappa shape index (κ2) is 4.68. The fourth-order valence-electron chi connectivity index (χ4n) is 1.92. The summed E-state index contributed by atoms with van der Waals surface area (Å²) >= 11 is 10.8. The Balaban J connectivity index is 2.23. The van der Waals surface area contributed by atoms with Gasteiger partial charge in [0.05, 0.1) is 19.5 Å². The van der Waals surface area contributed by atoms with Gasteiger partial charge in [-0.1, -0.05) is 0 Å². The largest absolute Gasteiger partial charge is 0.382 e. The lowest BCUT2D eigenvalue weighted by molar-refractivity contribution is 0.867. The van der Waals surface area contributed by atoms with Crippen molar-refractivity contribution in [2.75, 3.05) is 11.6 Å². The van der Waals surface area contributed by atoms with E-state index < -0.39 is 0 Å². The zero-order chi connectivity index (χ0) is 12.7. The maximum absolute atomic E-state index is 5.94. The molecule has 0 saturated heterocycles. The van der Waals surface area contributed by atoms with E-state index >= 15 is 0 Å². The van der Waals surface area contributed by atoms with Crippen LogP contribution in [0.25, 0.3) is 21.3 Å². The zero-order valence-electron chi connectivity index (χ0n) is 9.33. The maximum Gasteiger partial charge on any atom is 0.152 e. The van der Waals surface area contributed by atoms with Crippen LogP contribution in [0.3, 0.4) is 0 Å². The number of imidazole rings is 1. The molecule has 0 radical (unpaired) electrons. The van der Waals surface area contributed by atoms with Gasteiger partial charge in [-0.15, -0.1) is 22.9 Å². The molecule has 4 nitrogen and oxygen atoms in total. The molecular weight excluding hydrogens is 336 g/mol. The lowest BCUT2D eigenvalue weighted by atomic mass is 10.3. The highest BCUT2D eigenvalue weighted by molar-refractivity contribution is 9.11. The number of H-pyrrole nitrogens is 1. The number of alkyl halides is 1. The van der Waals surface area contributed by atoms with Crippen LogP contribution in [-0.2, 0) is 6.42 Å². The van der Waals surface area contributed by atoms with Crippen molar-refractivity contribution in [3.8, 4) is 0 Å². The molecule has 0 atom stereocenters. The zero-order valence-corrected chi connectivity index (χ0v) is 12.5. The Morgan fingerprint density at radius 2 is 2.28 bits per heavy atom. The maximum atomic E-state index is 5.94. The van der Waals surface area contributed by atoms with Crippen molar-refractivity contribution < 1.29 is 0 Å². The number of rotatable bonds is 3. The van der Waals surface area contributed by atoms with Gasteiger partial charge in [0.2, 0.25) is 0 Å². The first-order chi connectivity index (χ1) is 8.69. The van der Waals surface area contributed by atoms with E-state index in [0.717, 1.165) is 43.7 Å². The van der Waals surface area contributed by atoms with Gasteiger partial charge in [0.1, 0.15) is 11.3 Å². The second-order valence-corrected chi connectivity index (χ2v) is 6.77. The summed E-state index contributed by atoms with van der Waals surface area (Å²) in [5.41, 5.74) is 8.56. The number of fused-ring (bicyclic) bond motifs is 3. The molecule has 7 heteroatoms. The predicted molar refractivity (Wildman–Crippen MR) is 80.4 cm³/mol. The third-order valence-electron chi connectivity index (χ3n) is 2.69. The van der Waals surface area contributed by atoms with Crippen LogP contribution in [0.4, 0.5) is 5.82 Å². The van der Waals surface area contributed by atoms with Gasteiger partial charge >= 0.3 is 0 Å². The molecule has 3 rings (SSSR count). The Kier molecular flexibility index (Phi) is 3.17. The average molecular weight is 346 g/mol. The molecule has 3 heterocycles. The molecule has 0 fully saturated rings. The van der Waals surface area contributed by atoms with E-state index in [1.165, 1.54) is 0 Å². The standard InChI is InChI=1S/C11H10BrClN4S/c12-6-4-5-10(18-6)8-9(11(14)15-5)17-7(16-8)2-1-3-13/h4H,1-3H2,(H2,14,15)(H,16,17). The number of hydrogen-bond donors (Lipinski definition) is 2. The predicted octanol–water partition coefficient (Wildman–Crippen LogP) is 3.69.